The van der Waals surface area contributed by atoms with E-state index in [1.54, 1.807) is 0 Å². The predicted molar refractivity (Wildman–Crippen MR) is 60.2 cm³/mol. The van der Waals surface area contributed by atoms with E-state index < -0.39 is 10.9 Å². The van der Waals surface area contributed by atoms with Crippen LogP contribution in [-0.4, -0.2) is 37.3 Å². The van der Waals surface area contributed by atoms with Crippen molar-refractivity contribution < 1.29 is 24.7 Å². The highest BCUT2D eigenvalue weighted by Crippen LogP contribution is 2.38. The molecular weight excluding hydrogens is 286 g/mol. The normalized spacial score (nSPS) is 10.7. The molecule has 0 radical (unpaired) electrons. The fourth-order valence-electron chi connectivity index (χ4n) is 1.30. The monoisotopic (exact) mass is 290 g/mol. The van der Waals surface area contributed by atoms with Crippen LogP contribution in [0.15, 0.2) is 15.6 Å². The van der Waals surface area contributed by atoms with Crippen LogP contribution in [0, 0.1) is 4.91 Å². The van der Waals surface area contributed by atoms with Gasteiger partial charge in [-0.1, -0.05) is 11.6 Å². The van der Waals surface area contributed by atoms with E-state index in [0.717, 1.165) is 11.8 Å². The van der Waals surface area contributed by atoms with Crippen molar-refractivity contribution in [3.05, 3.63) is 16.0 Å². The molecule has 8 nitrogen and oxygen atoms in total. The van der Waals surface area contributed by atoms with E-state index in [1.165, 1.54) is 6.07 Å². The first-order valence-corrected chi connectivity index (χ1v) is 5.82. The Morgan fingerprint density at radius 1 is 1.50 bits per heavy atom. The average Bonchev–Trinajstić information content (AvgIpc) is 2.74. The number of halogens is 1. The zero-order chi connectivity index (χ0) is 13.3. The quantitative estimate of drug-likeness (QED) is 0.647. The van der Waals surface area contributed by atoms with Crippen molar-refractivity contribution >= 4 is 46.1 Å². The van der Waals surface area contributed by atoms with Crippen LogP contribution in [0.25, 0.3) is 11.0 Å². The molecule has 1 aromatic carbocycles. The molecule has 0 aliphatic heterocycles. The minimum atomic E-state index is -1.07. The van der Waals surface area contributed by atoms with Gasteiger partial charge in [-0.05, 0) is 16.4 Å². The first kappa shape index (κ1) is 12.6. The van der Waals surface area contributed by atoms with Crippen LogP contribution in [-0.2, 0) is 4.79 Å². The van der Waals surface area contributed by atoms with E-state index >= 15 is 0 Å². The maximum Gasteiger partial charge on any atom is 0.361 e. The van der Waals surface area contributed by atoms with E-state index in [9.17, 15) is 9.70 Å². The molecule has 0 amide bonds. The molecule has 10 heteroatoms. The fraction of sp³-hybridized carbons (Fsp3) is 0.125. The van der Waals surface area contributed by atoms with Gasteiger partial charge in [0.05, 0.1) is 20.6 Å². The standard InChI is InChI=1S/C8H4ClN3O5S/c9-3-1-4(18-2-5(13)14)8(12(15)16)7-6(3)10-17-11-7/h1H,2H2,(H-,13,14,15,16)/p+1. The Hall–Kier alpha value is -1.87. The lowest BCUT2D eigenvalue weighted by Crippen LogP contribution is -2.00. The van der Waals surface area contributed by atoms with Gasteiger partial charge in [-0.25, -0.2) is 9.84 Å². The summed E-state index contributed by atoms with van der Waals surface area (Å²) < 4.78 is 4.43. The lowest BCUT2D eigenvalue weighted by molar-refractivity contribution is -0.730. The van der Waals surface area contributed by atoms with Crippen molar-refractivity contribution in [3.8, 4) is 0 Å². The smallest absolute Gasteiger partial charge is 0.361 e. The number of fused-ring (bicyclic) bond motifs is 1. The summed E-state index contributed by atoms with van der Waals surface area (Å²) in [4.78, 5) is 21.3. The Labute approximate surface area is 108 Å². The van der Waals surface area contributed by atoms with Crippen LogP contribution in [0.5, 0.6) is 0 Å². The van der Waals surface area contributed by atoms with Crippen LogP contribution >= 0.6 is 23.4 Å². The topological polar surface area (TPSA) is 117 Å². The Bertz CT molecular complexity index is 643. The maximum atomic E-state index is 11.1. The van der Waals surface area contributed by atoms with Gasteiger partial charge in [0.15, 0.2) is 5.52 Å². The molecule has 94 valence electrons. The van der Waals surface area contributed by atoms with Crippen LogP contribution in [0.2, 0.25) is 5.02 Å². The van der Waals surface area contributed by atoms with Gasteiger partial charge >= 0.3 is 11.7 Å². The third-order valence-corrected chi connectivity index (χ3v) is 3.27. The summed E-state index contributed by atoms with van der Waals surface area (Å²) in [5, 5.41) is 24.7. The molecule has 2 aromatic rings. The Balaban J connectivity index is 2.59. The molecular formula is C8H5ClN3O5S+. The zero-order valence-corrected chi connectivity index (χ0v) is 10.1. The van der Waals surface area contributed by atoms with Crippen LogP contribution in [0.1, 0.15) is 0 Å². The van der Waals surface area contributed by atoms with E-state index in [1.807, 2.05) is 0 Å². The number of rotatable bonds is 4. The first-order chi connectivity index (χ1) is 8.50. The zero-order valence-electron chi connectivity index (χ0n) is 8.53. The van der Waals surface area contributed by atoms with Gasteiger partial charge in [0.2, 0.25) is 5.52 Å². The molecule has 0 spiro atoms. The lowest BCUT2D eigenvalue weighted by Gasteiger charge is -1.99. The van der Waals surface area contributed by atoms with E-state index in [4.69, 9.17) is 21.9 Å². The van der Waals surface area contributed by atoms with Crippen molar-refractivity contribution in [1.29, 1.82) is 0 Å². The summed E-state index contributed by atoms with van der Waals surface area (Å²) in [5.74, 6) is -1.37. The summed E-state index contributed by atoms with van der Waals surface area (Å²) in [6, 6.07) is 1.32. The van der Waals surface area contributed by atoms with Gasteiger partial charge in [0, 0.05) is 0 Å². The van der Waals surface area contributed by atoms with Crippen molar-refractivity contribution in [1.82, 2.24) is 10.3 Å². The average molecular weight is 291 g/mol. The van der Waals surface area contributed by atoms with Crippen LogP contribution < -0.4 is 0 Å². The molecule has 2 N–H and O–H groups in total. The highest BCUT2D eigenvalue weighted by atomic mass is 35.5. The van der Waals surface area contributed by atoms with Crippen LogP contribution in [0.3, 0.4) is 0 Å². The highest BCUT2D eigenvalue weighted by molar-refractivity contribution is 8.00. The summed E-state index contributed by atoms with van der Waals surface area (Å²) in [5.41, 5.74) is -0.170. The number of aliphatic carboxylic acids is 1. The Morgan fingerprint density at radius 2 is 2.17 bits per heavy atom. The summed E-state index contributed by atoms with van der Waals surface area (Å²) in [7, 11) is 0. The van der Waals surface area contributed by atoms with Gasteiger partial charge in [0.25, 0.3) is 4.92 Å². The number of hydrogen-bond acceptors (Lipinski definition) is 6. The van der Waals surface area contributed by atoms with Crippen molar-refractivity contribution in [2.45, 2.75) is 4.90 Å². The van der Waals surface area contributed by atoms with Crippen molar-refractivity contribution in [3.63, 3.8) is 0 Å². The van der Waals surface area contributed by atoms with Gasteiger partial charge < -0.3 is 5.11 Å². The number of carboxylic acids is 1. The molecule has 0 saturated carbocycles. The Kier molecular flexibility index (Phi) is 3.34. The number of carbonyl (C=O) groups is 1. The van der Waals surface area contributed by atoms with Crippen LogP contribution in [0.4, 0.5) is 5.69 Å². The number of thioether (sulfide) groups is 1. The van der Waals surface area contributed by atoms with E-state index in [2.05, 4.69) is 14.9 Å². The molecule has 1 heterocycles. The molecule has 0 atom stereocenters. The SMILES string of the molecule is O=C(O)CSc1cc(Cl)c2nonc2c1[N+](=O)O. The molecule has 0 saturated heterocycles. The van der Waals surface area contributed by atoms with Crippen molar-refractivity contribution in [2.75, 3.05) is 5.75 Å². The maximum absolute atomic E-state index is 11.1. The molecule has 0 fully saturated rings. The van der Waals surface area contributed by atoms with Gasteiger partial charge in [-0.15, -0.1) is 11.8 Å². The molecule has 1 aromatic heterocycles. The van der Waals surface area contributed by atoms with E-state index in [0.29, 0.717) is 0 Å². The number of benzene rings is 1. The van der Waals surface area contributed by atoms with E-state index in [-0.39, 0.29) is 32.4 Å². The number of carboxylic acid groups (broad SMARTS) is 1. The third kappa shape index (κ3) is 2.22. The number of nitrogens with zero attached hydrogens (tertiary/aromatic N) is 3. The molecule has 18 heavy (non-hydrogen) atoms. The third-order valence-electron chi connectivity index (χ3n) is 1.97. The molecule has 0 aliphatic carbocycles. The highest BCUT2D eigenvalue weighted by Gasteiger charge is 2.29. The largest absolute Gasteiger partial charge is 0.481 e. The molecule has 2 rings (SSSR count). The molecule has 0 aliphatic rings. The second-order valence-electron chi connectivity index (χ2n) is 3.12. The second-order valence-corrected chi connectivity index (χ2v) is 4.55. The summed E-state index contributed by atoms with van der Waals surface area (Å²) in [6.07, 6.45) is 0. The fourth-order valence-corrected chi connectivity index (χ4v) is 2.39. The minimum absolute atomic E-state index is 0.0344. The summed E-state index contributed by atoms with van der Waals surface area (Å²) >= 11 is 6.69. The lowest BCUT2D eigenvalue weighted by atomic mass is 10.2. The molecule has 0 unspecified atom stereocenters. The van der Waals surface area contributed by atoms with Gasteiger partial charge in [0.1, 0.15) is 0 Å². The number of hydrogen-bond donors (Lipinski definition) is 2. The molecule has 0 bridgehead atoms. The second kappa shape index (κ2) is 4.78. The minimum Gasteiger partial charge on any atom is -0.481 e. The summed E-state index contributed by atoms with van der Waals surface area (Å²) in [6.45, 7) is 0. The predicted octanol–water partition coefficient (Wildman–Crippen LogP) is 1.85. The van der Waals surface area contributed by atoms with Gasteiger partial charge in [-0.2, -0.15) is 0 Å². The Morgan fingerprint density at radius 3 is 2.78 bits per heavy atom. The first-order valence-electron chi connectivity index (χ1n) is 4.46. The van der Waals surface area contributed by atoms with Crippen molar-refractivity contribution in [2.24, 2.45) is 0 Å². The number of aromatic nitrogens is 2. The van der Waals surface area contributed by atoms with Gasteiger partial charge in [-0.3, -0.25) is 4.79 Å².